The van der Waals surface area contributed by atoms with E-state index in [4.69, 9.17) is 4.74 Å². The minimum absolute atomic E-state index is 0.163. The Kier molecular flexibility index (Phi) is 6.79. The van der Waals surface area contributed by atoms with Crippen molar-refractivity contribution in [3.05, 3.63) is 59.9 Å². The van der Waals surface area contributed by atoms with Crippen LogP contribution >= 0.6 is 0 Å². The van der Waals surface area contributed by atoms with Crippen LogP contribution in [0.1, 0.15) is 19.4 Å². The highest BCUT2D eigenvalue weighted by Crippen LogP contribution is 2.24. The Bertz CT molecular complexity index is 885. The average Bonchev–Trinajstić information content (AvgIpc) is 2.61. The van der Waals surface area contributed by atoms with E-state index in [0.29, 0.717) is 6.61 Å². The molecule has 0 aromatic heterocycles. The van der Waals surface area contributed by atoms with Gasteiger partial charge < -0.3 is 10.1 Å². The van der Waals surface area contributed by atoms with Gasteiger partial charge >= 0.3 is 0 Å². The molecule has 0 saturated heterocycles. The number of hydrogen-bond donors (Lipinski definition) is 1. The van der Waals surface area contributed by atoms with Gasteiger partial charge in [0.05, 0.1) is 18.6 Å². The van der Waals surface area contributed by atoms with E-state index < -0.39 is 27.8 Å². The number of ether oxygens (including phenoxy) is 1. The molecule has 0 bridgehead atoms. The number of benzene rings is 2. The van der Waals surface area contributed by atoms with Gasteiger partial charge in [0.25, 0.3) is 0 Å². The van der Waals surface area contributed by atoms with Gasteiger partial charge in [0.2, 0.25) is 15.9 Å². The Morgan fingerprint density at radius 2 is 1.81 bits per heavy atom. The highest BCUT2D eigenvalue weighted by atomic mass is 32.2. The van der Waals surface area contributed by atoms with Crippen LogP contribution in [-0.2, 0) is 21.4 Å². The summed E-state index contributed by atoms with van der Waals surface area (Å²) in [7, 11) is -3.86. The lowest BCUT2D eigenvalue weighted by Gasteiger charge is -2.28. The minimum Gasteiger partial charge on any atom is -0.494 e. The van der Waals surface area contributed by atoms with E-state index in [2.05, 4.69) is 5.32 Å². The average molecular weight is 394 g/mol. The standard InChI is InChI=1S/C19H23FN2O4S/c1-4-26-16-11-9-15(10-12-16)13-21-19(23)14(2)22(27(3,24)25)18-8-6-5-7-17(18)20/h5-12,14H,4,13H2,1-3H3,(H,21,23)/t14-/m1/s1. The molecule has 1 N–H and O–H groups in total. The second-order valence-electron chi connectivity index (χ2n) is 5.98. The molecule has 1 amide bonds. The molecule has 2 aromatic carbocycles. The fraction of sp³-hybridized carbons (Fsp3) is 0.316. The number of halogens is 1. The number of nitrogens with zero attached hydrogens (tertiary/aromatic N) is 1. The highest BCUT2D eigenvalue weighted by Gasteiger charge is 2.30. The molecule has 2 rings (SSSR count). The molecule has 6 nitrogen and oxygen atoms in total. The van der Waals surface area contributed by atoms with Crippen molar-refractivity contribution in [3.63, 3.8) is 0 Å². The zero-order valence-electron chi connectivity index (χ0n) is 15.5. The van der Waals surface area contributed by atoms with Gasteiger partial charge in [0.15, 0.2) is 0 Å². The first-order valence-electron chi connectivity index (χ1n) is 8.47. The molecule has 2 aromatic rings. The van der Waals surface area contributed by atoms with Gasteiger partial charge in [-0.2, -0.15) is 0 Å². The van der Waals surface area contributed by atoms with Gasteiger partial charge in [-0.05, 0) is 43.7 Å². The van der Waals surface area contributed by atoms with Crippen LogP contribution < -0.4 is 14.4 Å². The smallest absolute Gasteiger partial charge is 0.243 e. The molecule has 0 saturated carbocycles. The summed E-state index contributed by atoms with van der Waals surface area (Å²) >= 11 is 0. The summed E-state index contributed by atoms with van der Waals surface area (Å²) in [6.45, 7) is 4.08. The summed E-state index contributed by atoms with van der Waals surface area (Å²) in [5, 5.41) is 2.68. The number of para-hydroxylation sites is 1. The van der Waals surface area contributed by atoms with E-state index in [1.807, 2.05) is 6.92 Å². The van der Waals surface area contributed by atoms with Crippen molar-refractivity contribution in [1.29, 1.82) is 0 Å². The number of carbonyl (C=O) groups is 1. The first-order valence-corrected chi connectivity index (χ1v) is 10.3. The molecule has 0 aliphatic heterocycles. The van der Waals surface area contributed by atoms with Gasteiger partial charge in [-0.1, -0.05) is 24.3 Å². The van der Waals surface area contributed by atoms with E-state index in [0.717, 1.165) is 27.9 Å². The Morgan fingerprint density at radius 1 is 1.19 bits per heavy atom. The van der Waals surface area contributed by atoms with Crippen molar-refractivity contribution in [2.75, 3.05) is 17.2 Å². The highest BCUT2D eigenvalue weighted by molar-refractivity contribution is 7.92. The maximum Gasteiger partial charge on any atom is 0.243 e. The Balaban J connectivity index is 2.12. The molecule has 0 heterocycles. The summed E-state index contributed by atoms with van der Waals surface area (Å²) < 4.78 is 44.6. The minimum atomic E-state index is -3.86. The molecular weight excluding hydrogens is 371 g/mol. The number of anilines is 1. The van der Waals surface area contributed by atoms with E-state index in [1.54, 1.807) is 24.3 Å². The summed E-state index contributed by atoms with van der Waals surface area (Å²) in [6, 6.07) is 11.5. The van der Waals surface area contributed by atoms with Crippen LogP contribution in [0.2, 0.25) is 0 Å². The monoisotopic (exact) mass is 394 g/mol. The third-order valence-corrected chi connectivity index (χ3v) is 5.11. The van der Waals surface area contributed by atoms with Crippen molar-refractivity contribution in [2.45, 2.75) is 26.4 Å². The number of rotatable bonds is 8. The molecule has 146 valence electrons. The van der Waals surface area contributed by atoms with Gasteiger partial charge in [0.1, 0.15) is 17.6 Å². The predicted molar refractivity (Wildman–Crippen MR) is 103 cm³/mol. The van der Waals surface area contributed by atoms with Crippen molar-refractivity contribution in [1.82, 2.24) is 5.32 Å². The zero-order chi connectivity index (χ0) is 20.0. The van der Waals surface area contributed by atoms with Gasteiger partial charge in [-0.25, -0.2) is 12.8 Å². The molecule has 0 aliphatic rings. The van der Waals surface area contributed by atoms with E-state index in [1.165, 1.54) is 25.1 Å². The number of sulfonamides is 1. The van der Waals surface area contributed by atoms with Gasteiger partial charge in [-0.15, -0.1) is 0 Å². The SMILES string of the molecule is CCOc1ccc(CNC(=O)[C@@H](C)N(c2ccccc2F)S(C)(=O)=O)cc1. The van der Waals surface area contributed by atoms with Crippen LogP contribution in [0.25, 0.3) is 0 Å². The number of nitrogens with one attached hydrogen (secondary N) is 1. The first-order chi connectivity index (χ1) is 12.7. The predicted octanol–water partition coefficient (Wildman–Crippen LogP) is 2.70. The summed E-state index contributed by atoms with van der Waals surface area (Å²) in [5.41, 5.74) is 0.666. The third kappa shape index (κ3) is 5.43. The van der Waals surface area contributed by atoms with Crippen LogP contribution in [0.3, 0.4) is 0 Å². The lowest BCUT2D eigenvalue weighted by atomic mass is 10.2. The maximum atomic E-state index is 14.1. The lowest BCUT2D eigenvalue weighted by molar-refractivity contribution is -0.122. The van der Waals surface area contributed by atoms with E-state index in [9.17, 15) is 17.6 Å². The molecule has 8 heteroatoms. The number of amides is 1. The second-order valence-corrected chi connectivity index (χ2v) is 7.84. The van der Waals surface area contributed by atoms with Crippen LogP contribution in [0.4, 0.5) is 10.1 Å². The van der Waals surface area contributed by atoms with Crippen molar-refractivity contribution < 1.29 is 22.3 Å². The van der Waals surface area contributed by atoms with Gasteiger partial charge in [0, 0.05) is 6.54 Å². The van der Waals surface area contributed by atoms with Crippen molar-refractivity contribution >= 4 is 21.6 Å². The Hall–Kier alpha value is -2.61. The zero-order valence-corrected chi connectivity index (χ0v) is 16.3. The maximum absolute atomic E-state index is 14.1. The second kappa shape index (κ2) is 8.85. The fourth-order valence-corrected chi connectivity index (χ4v) is 3.79. The van der Waals surface area contributed by atoms with Crippen LogP contribution in [0, 0.1) is 5.82 Å². The summed E-state index contributed by atoms with van der Waals surface area (Å²) in [5.74, 6) is -0.518. The number of carbonyl (C=O) groups excluding carboxylic acids is 1. The molecular formula is C19H23FN2O4S. The van der Waals surface area contributed by atoms with Crippen molar-refractivity contribution in [2.24, 2.45) is 0 Å². The summed E-state index contributed by atoms with van der Waals surface area (Å²) in [6.07, 6.45) is 0.940. The molecule has 0 spiro atoms. The molecule has 0 aliphatic carbocycles. The molecule has 0 unspecified atom stereocenters. The van der Waals surface area contributed by atoms with Gasteiger partial charge in [-0.3, -0.25) is 9.10 Å². The molecule has 1 atom stereocenters. The largest absolute Gasteiger partial charge is 0.494 e. The van der Waals surface area contributed by atoms with Crippen LogP contribution in [0.5, 0.6) is 5.75 Å². The fourth-order valence-electron chi connectivity index (χ4n) is 2.62. The Morgan fingerprint density at radius 3 is 2.37 bits per heavy atom. The normalized spacial score (nSPS) is 12.3. The first kappa shape index (κ1) is 20.7. The molecule has 0 fully saturated rings. The summed E-state index contributed by atoms with van der Waals surface area (Å²) in [4.78, 5) is 12.5. The lowest BCUT2D eigenvalue weighted by Crippen LogP contribution is -2.48. The number of hydrogen-bond acceptors (Lipinski definition) is 4. The van der Waals surface area contributed by atoms with Crippen LogP contribution in [0.15, 0.2) is 48.5 Å². The van der Waals surface area contributed by atoms with E-state index >= 15 is 0 Å². The third-order valence-electron chi connectivity index (χ3n) is 3.88. The van der Waals surface area contributed by atoms with E-state index in [-0.39, 0.29) is 12.2 Å². The molecule has 27 heavy (non-hydrogen) atoms. The topological polar surface area (TPSA) is 75.7 Å². The molecule has 0 radical (unpaired) electrons. The Labute approximate surface area is 159 Å². The van der Waals surface area contributed by atoms with Crippen molar-refractivity contribution in [3.8, 4) is 5.75 Å². The van der Waals surface area contributed by atoms with Crippen LogP contribution in [-0.4, -0.2) is 33.2 Å². The quantitative estimate of drug-likeness (QED) is 0.747.